The summed E-state index contributed by atoms with van der Waals surface area (Å²) >= 11 is 0. The summed E-state index contributed by atoms with van der Waals surface area (Å²) < 4.78 is 43.0. The van der Waals surface area contributed by atoms with Crippen LogP contribution in [-0.2, 0) is 17.3 Å². The summed E-state index contributed by atoms with van der Waals surface area (Å²) in [6, 6.07) is 5.41. The number of morpholine rings is 1. The Morgan fingerprint density at radius 2 is 1.74 bits per heavy atom. The van der Waals surface area contributed by atoms with Crippen LogP contribution < -0.4 is 10.6 Å². The highest BCUT2D eigenvalue weighted by atomic mass is 19.4. The van der Waals surface area contributed by atoms with Gasteiger partial charge in [0.15, 0.2) is 5.96 Å². The lowest BCUT2D eigenvalue weighted by molar-refractivity contribution is -0.137. The predicted molar refractivity (Wildman–Crippen MR) is 101 cm³/mol. The lowest BCUT2D eigenvalue weighted by Gasteiger charge is -2.26. The van der Waals surface area contributed by atoms with Crippen molar-refractivity contribution in [2.75, 3.05) is 53.0 Å². The van der Waals surface area contributed by atoms with E-state index in [0.29, 0.717) is 0 Å². The molecule has 27 heavy (non-hydrogen) atoms. The van der Waals surface area contributed by atoms with E-state index >= 15 is 0 Å². The van der Waals surface area contributed by atoms with Crippen LogP contribution in [0.4, 0.5) is 13.2 Å². The quantitative estimate of drug-likeness (QED) is 0.410. The molecule has 1 fully saturated rings. The maximum absolute atomic E-state index is 12.5. The summed E-state index contributed by atoms with van der Waals surface area (Å²) in [5.74, 6) is 0.776. The van der Waals surface area contributed by atoms with Crippen LogP contribution in [0.2, 0.25) is 0 Å². The van der Waals surface area contributed by atoms with Gasteiger partial charge in [-0.2, -0.15) is 13.2 Å². The van der Waals surface area contributed by atoms with Gasteiger partial charge in [-0.25, -0.2) is 0 Å². The molecule has 0 atom stereocenters. The van der Waals surface area contributed by atoms with Crippen LogP contribution in [0, 0.1) is 0 Å². The fourth-order valence-corrected chi connectivity index (χ4v) is 2.90. The Morgan fingerprint density at radius 3 is 2.37 bits per heavy atom. The minimum atomic E-state index is -4.27. The first kappa shape index (κ1) is 21.5. The Morgan fingerprint density at radius 1 is 1.07 bits per heavy atom. The van der Waals surface area contributed by atoms with Crippen LogP contribution in [-0.4, -0.2) is 63.8 Å². The molecule has 1 aliphatic rings. The second kappa shape index (κ2) is 11.1. The number of halogens is 3. The molecule has 0 saturated carbocycles. The molecule has 1 aromatic rings. The molecular formula is C19H29F3N4O. The Bertz CT molecular complexity index is 569. The lowest BCUT2D eigenvalue weighted by atomic mass is 10.1. The number of unbranched alkanes of at least 4 members (excludes halogenated alkanes) is 1. The molecule has 0 aromatic heterocycles. The highest BCUT2D eigenvalue weighted by Gasteiger charge is 2.29. The molecule has 0 radical (unpaired) electrons. The van der Waals surface area contributed by atoms with E-state index in [0.717, 1.165) is 88.9 Å². The fourth-order valence-electron chi connectivity index (χ4n) is 2.90. The molecule has 0 spiro atoms. The second-order valence-corrected chi connectivity index (χ2v) is 6.53. The molecule has 1 saturated heterocycles. The molecular weight excluding hydrogens is 357 g/mol. The smallest absolute Gasteiger partial charge is 0.379 e. The van der Waals surface area contributed by atoms with Crippen LogP contribution in [0.5, 0.6) is 0 Å². The standard InChI is InChI=1S/C19H29F3N4O/c1-23-18(25-10-11-26-12-14-27-15-13-26)24-9-3-2-4-16-5-7-17(8-6-16)19(20,21)22/h5-8H,2-4,9-15H2,1H3,(H2,23,24,25). The van der Waals surface area contributed by atoms with Crippen molar-refractivity contribution in [2.24, 2.45) is 4.99 Å². The van der Waals surface area contributed by atoms with Gasteiger partial charge in [0.05, 0.1) is 18.8 Å². The third-order valence-corrected chi connectivity index (χ3v) is 4.51. The number of aliphatic imine (C=N–C) groups is 1. The van der Waals surface area contributed by atoms with Gasteiger partial charge in [-0.05, 0) is 37.0 Å². The largest absolute Gasteiger partial charge is 0.416 e. The zero-order chi connectivity index (χ0) is 19.5. The van der Waals surface area contributed by atoms with Crippen molar-refractivity contribution in [1.82, 2.24) is 15.5 Å². The summed E-state index contributed by atoms with van der Waals surface area (Å²) in [5, 5.41) is 6.56. The second-order valence-electron chi connectivity index (χ2n) is 6.53. The van der Waals surface area contributed by atoms with Gasteiger partial charge in [0.25, 0.3) is 0 Å². The van der Waals surface area contributed by atoms with Crippen LogP contribution in [0.25, 0.3) is 0 Å². The minimum Gasteiger partial charge on any atom is -0.379 e. The van der Waals surface area contributed by atoms with Crippen molar-refractivity contribution in [2.45, 2.75) is 25.4 Å². The molecule has 8 heteroatoms. The van der Waals surface area contributed by atoms with E-state index in [2.05, 4.69) is 20.5 Å². The van der Waals surface area contributed by atoms with Crippen LogP contribution in [0.1, 0.15) is 24.0 Å². The molecule has 152 valence electrons. The van der Waals surface area contributed by atoms with Crippen molar-refractivity contribution < 1.29 is 17.9 Å². The third kappa shape index (κ3) is 8.17. The Kier molecular flexibility index (Phi) is 8.87. The molecule has 1 aliphatic heterocycles. The number of hydrogen-bond acceptors (Lipinski definition) is 3. The molecule has 1 heterocycles. The Balaban J connectivity index is 1.56. The van der Waals surface area contributed by atoms with E-state index in [4.69, 9.17) is 4.74 Å². The molecule has 5 nitrogen and oxygen atoms in total. The summed E-state index contributed by atoms with van der Waals surface area (Å²) in [6.07, 6.45) is -1.68. The minimum absolute atomic E-state index is 0.597. The Hall–Kier alpha value is -1.80. The zero-order valence-corrected chi connectivity index (χ0v) is 15.8. The number of benzene rings is 1. The van der Waals surface area contributed by atoms with E-state index in [1.807, 2.05) is 0 Å². The number of ether oxygens (including phenoxy) is 1. The monoisotopic (exact) mass is 386 g/mol. The molecule has 0 aliphatic carbocycles. The van der Waals surface area contributed by atoms with Crippen molar-refractivity contribution in [3.8, 4) is 0 Å². The topological polar surface area (TPSA) is 48.9 Å². The summed E-state index contributed by atoms with van der Waals surface area (Å²) in [6.45, 7) is 6.09. The first-order valence-electron chi connectivity index (χ1n) is 9.40. The average Bonchev–Trinajstić information content (AvgIpc) is 2.67. The predicted octanol–water partition coefficient (Wildman–Crippen LogP) is 2.53. The first-order chi connectivity index (χ1) is 13.0. The summed E-state index contributed by atoms with van der Waals surface area (Å²) in [5.41, 5.74) is 0.330. The van der Waals surface area contributed by atoms with Gasteiger partial charge in [-0.15, -0.1) is 0 Å². The normalized spacial score (nSPS) is 16.4. The molecule has 1 aromatic carbocycles. The number of guanidine groups is 1. The van der Waals surface area contributed by atoms with Gasteiger partial charge >= 0.3 is 6.18 Å². The zero-order valence-electron chi connectivity index (χ0n) is 15.8. The van der Waals surface area contributed by atoms with E-state index in [1.165, 1.54) is 0 Å². The van der Waals surface area contributed by atoms with Gasteiger partial charge < -0.3 is 15.4 Å². The van der Waals surface area contributed by atoms with E-state index in [1.54, 1.807) is 19.2 Å². The number of nitrogens with zero attached hydrogens (tertiary/aromatic N) is 2. The number of alkyl halides is 3. The highest BCUT2D eigenvalue weighted by molar-refractivity contribution is 5.79. The number of nitrogens with one attached hydrogen (secondary N) is 2. The van der Waals surface area contributed by atoms with Gasteiger partial charge in [0, 0.05) is 39.8 Å². The lowest BCUT2D eigenvalue weighted by Crippen LogP contribution is -2.44. The van der Waals surface area contributed by atoms with E-state index in [9.17, 15) is 13.2 Å². The number of rotatable bonds is 8. The first-order valence-corrected chi connectivity index (χ1v) is 9.40. The fraction of sp³-hybridized carbons (Fsp3) is 0.632. The van der Waals surface area contributed by atoms with E-state index in [-0.39, 0.29) is 0 Å². The SMILES string of the molecule is CN=C(NCCCCc1ccc(C(F)(F)F)cc1)NCCN1CCOCC1. The van der Waals surface area contributed by atoms with Crippen molar-refractivity contribution in [1.29, 1.82) is 0 Å². The van der Waals surface area contributed by atoms with Gasteiger partial charge in [0.1, 0.15) is 0 Å². The van der Waals surface area contributed by atoms with Crippen molar-refractivity contribution in [3.63, 3.8) is 0 Å². The summed E-state index contributed by atoms with van der Waals surface area (Å²) in [7, 11) is 1.74. The van der Waals surface area contributed by atoms with Crippen LogP contribution in [0.3, 0.4) is 0 Å². The van der Waals surface area contributed by atoms with Crippen LogP contribution in [0.15, 0.2) is 29.3 Å². The highest BCUT2D eigenvalue weighted by Crippen LogP contribution is 2.29. The van der Waals surface area contributed by atoms with Crippen molar-refractivity contribution in [3.05, 3.63) is 35.4 Å². The van der Waals surface area contributed by atoms with Crippen LogP contribution >= 0.6 is 0 Å². The Labute approximate surface area is 159 Å². The van der Waals surface area contributed by atoms with Crippen molar-refractivity contribution >= 4 is 5.96 Å². The summed E-state index contributed by atoms with van der Waals surface area (Å²) in [4.78, 5) is 6.56. The number of aryl methyl sites for hydroxylation is 1. The maximum Gasteiger partial charge on any atom is 0.416 e. The molecule has 2 rings (SSSR count). The van der Waals surface area contributed by atoms with Gasteiger partial charge in [0.2, 0.25) is 0 Å². The third-order valence-electron chi connectivity index (χ3n) is 4.51. The van der Waals surface area contributed by atoms with Gasteiger partial charge in [-0.1, -0.05) is 12.1 Å². The molecule has 0 unspecified atom stereocenters. The molecule has 2 N–H and O–H groups in total. The number of hydrogen-bond donors (Lipinski definition) is 2. The molecule has 0 amide bonds. The van der Waals surface area contributed by atoms with E-state index < -0.39 is 11.7 Å². The maximum atomic E-state index is 12.5. The molecule has 0 bridgehead atoms. The van der Waals surface area contributed by atoms with Gasteiger partial charge in [-0.3, -0.25) is 9.89 Å². The average molecular weight is 386 g/mol.